The molecule has 1 aromatic carbocycles. The van der Waals surface area contributed by atoms with Crippen molar-refractivity contribution in [2.75, 3.05) is 6.61 Å². The van der Waals surface area contributed by atoms with Crippen LogP contribution < -0.4 is 5.73 Å². The average Bonchev–Trinajstić information content (AvgIpc) is 2.88. The molecule has 0 bridgehead atoms. The van der Waals surface area contributed by atoms with Gasteiger partial charge in [-0.15, -0.1) is 0 Å². The van der Waals surface area contributed by atoms with Crippen LogP contribution in [-0.2, 0) is 16.0 Å². The van der Waals surface area contributed by atoms with E-state index in [2.05, 4.69) is 4.98 Å². The number of esters is 1. The second-order valence-electron chi connectivity index (χ2n) is 4.05. The third kappa shape index (κ3) is 3.42. The maximum Gasteiger partial charge on any atom is 0.323 e. The van der Waals surface area contributed by atoms with Crippen molar-refractivity contribution in [3.63, 3.8) is 0 Å². The number of aromatic nitrogens is 1. The highest BCUT2D eigenvalue weighted by Gasteiger charge is 2.18. The largest absolute Gasteiger partial charge is 0.465 e. The summed E-state index contributed by atoms with van der Waals surface area (Å²) in [6.45, 7) is 2.05. The summed E-state index contributed by atoms with van der Waals surface area (Å²) in [5.74, 6) is 0.646. The Labute approximate surface area is 111 Å². The van der Waals surface area contributed by atoms with Crippen molar-refractivity contribution >= 4 is 5.97 Å². The number of benzene rings is 1. The number of carbonyl (C=O) groups is 1. The molecular formula is C14H16N2O3. The lowest BCUT2D eigenvalue weighted by Gasteiger charge is -2.07. The molecule has 0 unspecified atom stereocenters. The molecule has 2 N–H and O–H groups in total. The fourth-order valence-electron chi connectivity index (χ4n) is 1.66. The number of nitrogens with two attached hydrogens (primary N) is 1. The summed E-state index contributed by atoms with van der Waals surface area (Å²) in [4.78, 5) is 15.5. The van der Waals surface area contributed by atoms with E-state index in [1.54, 1.807) is 13.1 Å². The lowest BCUT2D eigenvalue weighted by molar-refractivity contribution is -0.144. The van der Waals surface area contributed by atoms with E-state index in [4.69, 9.17) is 14.9 Å². The Morgan fingerprint density at radius 1 is 1.42 bits per heavy atom. The summed E-state index contributed by atoms with van der Waals surface area (Å²) < 4.78 is 10.4. The highest BCUT2D eigenvalue weighted by Crippen LogP contribution is 2.20. The molecule has 0 fully saturated rings. The van der Waals surface area contributed by atoms with Crippen molar-refractivity contribution in [1.82, 2.24) is 4.98 Å². The minimum absolute atomic E-state index is 0.228. The molecule has 1 atom stereocenters. The summed E-state index contributed by atoms with van der Waals surface area (Å²) in [7, 11) is 0. The van der Waals surface area contributed by atoms with Crippen molar-refractivity contribution in [3.8, 4) is 11.3 Å². The van der Waals surface area contributed by atoms with Crippen molar-refractivity contribution in [1.29, 1.82) is 0 Å². The Bertz CT molecular complexity index is 537. The molecule has 0 spiro atoms. The van der Waals surface area contributed by atoms with E-state index in [0.717, 1.165) is 5.56 Å². The zero-order valence-electron chi connectivity index (χ0n) is 10.7. The Morgan fingerprint density at radius 2 is 2.16 bits per heavy atom. The summed E-state index contributed by atoms with van der Waals surface area (Å²) in [5, 5.41) is 0. The molecule has 0 saturated carbocycles. The van der Waals surface area contributed by atoms with Crippen LogP contribution in [0.3, 0.4) is 0 Å². The van der Waals surface area contributed by atoms with Crippen molar-refractivity contribution in [2.24, 2.45) is 5.73 Å². The van der Waals surface area contributed by atoms with E-state index >= 15 is 0 Å². The van der Waals surface area contributed by atoms with Crippen LogP contribution in [0.1, 0.15) is 12.8 Å². The summed E-state index contributed by atoms with van der Waals surface area (Å²) in [5.41, 5.74) is 6.64. The zero-order chi connectivity index (χ0) is 13.7. The third-order valence-electron chi connectivity index (χ3n) is 2.60. The maximum absolute atomic E-state index is 11.4. The van der Waals surface area contributed by atoms with Gasteiger partial charge in [-0.25, -0.2) is 4.98 Å². The van der Waals surface area contributed by atoms with E-state index in [1.165, 1.54) is 0 Å². The van der Waals surface area contributed by atoms with Gasteiger partial charge in [-0.05, 0) is 6.92 Å². The smallest absolute Gasteiger partial charge is 0.323 e. The Morgan fingerprint density at radius 3 is 2.84 bits per heavy atom. The minimum Gasteiger partial charge on any atom is -0.465 e. The van der Waals surface area contributed by atoms with Gasteiger partial charge in [-0.1, -0.05) is 30.3 Å². The standard InChI is InChI=1S/C14H16N2O3/c1-2-18-14(17)11(15)8-13-16-9-12(19-13)10-6-4-3-5-7-10/h3-7,9,11H,2,8,15H2,1H3/t11-/m0/s1. The van der Waals surface area contributed by atoms with Gasteiger partial charge in [0.1, 0.15) is 6.04 Å². The first kappa shape index (κ1) is 13.3. The molecule has 5 nitrogen and oxygen atoms in total. The molecule has 0 aliphatic heterocycles. The second kappa shape index (κ2) is 6.15. The zero-order valence-corrected chi connectivity index (χ0v) is 10.7. The minimum atomic E-state index is -0.748. The van der Waals surface area contributed by atoms with Crippen LogP contribution in [-0.4, -0.2) is 23.6 Å². The Balaban J connectivity index is 2.04. The number of hydrogen-bond acceptors (Lipinski definition) is 5. The van der Waals surface area contributed by atoms with Gasteiger partial charge in [0, 0.05) is 5.56 Å². The van der Waals surface area contributed by atoms with Gasteiger partial charge >= 0.3 is 5.97 Å². The van der Waals surface area contributed by atoms with Gasteiger partial charge in [0.25, 0.3) is 0 Å². The maximum atomic E-state index is 11.4. The number of rotatable bonds is 5. The number of ether oxygens (including phenoxy) is 1. The molecule has 0 radical (unpaired) electrons. The second-order valence-corrected chi connectivity index (χ2v) is 4.05. The highest BCUT2D eigenvalue weighted by molar-refractivity contribution is 5.75. The number of oxazole rings is 1. The van der Waals surface area contributed by atoms with E-state index in [1.807, 2.05) is 30.3 Å². The number of hydrogen-bond donors (Lipinski definition) is 1. The van der Waals surface area contributed by atoms with E-state index in [9.17, 15) is 4.79 Å². The predicted molar refractivity (Wildman–Crippen MR) is 70.3 cm³/mol. The van der Waals surface area contributed by atoms with E-state index in [-0.39, 0.29) is 6.42 Å². The van der Waals surface area contributed by atoms with Gasteiger partial charge in [-0.3, -0.25) is 4.79 Å². The summed E-state index contributed by atoms with van der Waals surface area (Å²) in [6, 6.07) is 8.87. The van der Waals surface area contributed by atoms with Crippen molar-refractivity contribution in [2.45, 2.75) is 19.4 Å². The van der Waals surface area contributed by atoms with Crippen LogP contribution in [0.15, 0.2) is 40.9 Å². The highest BCUT2D eigenvalue weighted by atomic mass is 16.5. The van der Waals surface area contributed by atoms with Crippen LogP contribution in [0.2, 0.25) is 0 Å². The summed E-state index contributed by atoms with van der Waals surface area (Å²) in [6.07, 6.45) is 1.86. The quantitative estimate of drug-likeness (QED) is 0.829. The van der Waals surface area contributed by atoms with E-state index in [0.29, 0.717) is 18.3 Å². The van der Waals surface area contributed by atoms with Gasteiger partial charge < -0.3 is 14.9 Å². The van der Waals surface area contributed by atoms with E-state index < -0.39 is 12.0 Å². The van der Waals surface area contributed by atoms with Crippen LogP contribution in [0, 0.1) is 0 Å². The molecule has 0 aliphatic rings. The fraction of sp³-hybridized carbons (Fsp3) is 0.286. The molecule has 19 heavy (non-hydrogen) atoms. The molecule has 2 aromatic rings. The van der Waals surface area contributed by atoms with Crippen LogP contribution in [0.25, 0.3) is 11.3 Å². The summed E-state index contributed by atoms with van der Waals surface area (Å²) >= 11 is 0. The van der Waals surface area contributed by atoms with Crippen LogP contribution in [0.5, 0.6) is 0 Å². The van der Waals surface area contributed by atoms with Crippen LogP contribution >= 0.6 is 0 Å². The molecule has 1 heterocycles. The van der Waals surface area contributed by atoms with Gasteiger partial charge in [0.15, 0.2) is 11.7 Å². The van der Waals surface area contributed by atoms with Crippen molar-refractivity contribution in [3.05, 3.63) is 42.4 Å². The van der Waals surface area contributed by atoms with Crippen LogP contribution in [0.4, 0.5) is 0 Å². The first-order valence-electron chi connectivity index (χ1n) is 6.13. The molecule has 1 aromatic heterocycles. The molecule has 0 amide bonds. The Hall–Kier alpha value is -2.14. The van der Waals surface area contributed by atoms with Crippen molar-refractivity contribution < 1.29 is 13.9 Å². The Kier molecular flexibility index (Phi) is 4.30. The molecule has 100 valence electrons. The number of carbonyl (C=O) groups excluding carboxylic acids is 1. The number of nitrogens with zero attached hydrogens (tertiary/aromatic N) is 1. The lowest BCUT2D eigenvalue weighted by atomic mass is 10.2. The fourth-order valence-corrected chi connectivity index (χ4v) is 1.66. The monoisotopic (exact) mass is 260 g/mol. The average molecular weight is 260 g/mol. The molecule has 0 saturated heterocycles. The van der Waals surface area contributed by atoms with Gasteiger partial charge in [0.2, 0.25) is 0 Å². The molecule has 5 heteroatoms. The first-order chi connectivity index (χ1) is 9.20. The molecular weight excluding hydrogens is 244 g/mol. The lowest BCUT2D eigenvalue weighted by Crippen LogP contribution is -2.34. The normalized spacial score (nSPS) is 12.1. The molecule has 0 aliphatic carbocycles. The van der Waals surface area contributed by atoms with Gasteiger partial charge in [-0.2, -0.15) is 0 Å². The third-order valence-corrected chi connectivity index (χ3v) is 2.60. The molecule has 2 rings (SSSR count). The topological polar surface area (TPSA) is 78.4 Å². The first-order valence-corrected chi connectivity index (χ1v) is 6.13. The predicted octanol–water partition coefficient (Wildman–Crippen LogP) is 1.77. The van der Waals surface area contributed by atoms with Gasteiger partial charge in [0.05, 0.1) is 19.2 Å². The SMILES string of the molecule is CCOC(=O)[C@@H](N)Cc1ncc(-c2ccccc2)o1.